The van der Waals surface area contributed by atoms with Gasteiger partial charge < -0.3 is 9.47 Å². The lowest BCUT2D eigenvalue weighted by atomic mass is 10.2. The first-order valence-electron chi connectivity index (χ1n) is 8.99. The van der Waals surface area contributed by atoms with Gasteiger partial charge in [-0.1, -0.05) is 23.4 Å². The molecule has 0 bridgehead atoms. The maximum Gasteiger partial charge on any atom is 0.272 e. The van der Waals surface area contributed by atoms with E-state index in [4.69, 9.17) is 21.1 Å². The van der Waals surface area contributed by atoms with Crippen LogP contribution in [0, 0.1) is 0 Å². The normalized spacial score (nSPS) is 12.2. The number of benzene rings is 2. The molecular formula is C21H16ClN3O4S. The second kappa shape index (κ2) is 9.06. The molecule has 4 rings (SSSR count). The molecular weight excluding hydrogens is 426 g/mol. The summed E-state index contributed by atoms with van der Waals surface area (Å²) in [6.45, 7) is 1.01. The average Bonchev–Trinajstić information content (AvgIpc) is 2.78. The standard InChI is InChI=1S/C21H16ClN3O4S/c22-14-5-3-13(4-6-14)19(26)24-25-20(27)16-2-1-9-23-21(16)30-15-7-8-17-18(12-15)29-11-10-28-17/h1-9,12H,10-11H2,(H,24,26)(H,25,27). The van der Waals surface area contributed by atoms with Crippen LogP contribution in [-0.2, 0) is 0 Å². The van der Waals surface area contributed by atoms with Crippen LogP contribution in [0.3, 0.4) is 0 Å². The summed E-state index contributed by atoms with van der Waals surface area (Å²) < 4.78 is 11.1. The Morgan fingerprint density at radius 3 is 2.47 bits per heavy atom. The first-order chi connectivity index (χ1) is 14.6. The second-order valence-electron chi connectivity index (χ2n) is 6.18. The largest absolute Gasteiger partial charge is 0.486 e. The Bertz CT molecular complexity index is 1090. The van der Waals surface area contributed by atoms with E-state index in [1.807, 2.05) is 18.2 Å². The highest BCUT2D eigenvalue weighted by atomic mass is 35.5. The number of hydrogen-bond donors (Lipinski definition) is 2. The number of carbonyl (C=O) groups is 2. The third-order valence-corrected chi connectivity index (χ3v) is 5.40. The Hall–Kier alpha value is -3.23. The van der Waals surface area contributed by atoms with Gasteiger partial charge in [0.1, 0.15) is 18.2 Å². The lowest BCUT2D eigenvalue weighted by Gasteiger charge is -2.18. The van der Waals surface area contributed by atoms with E-state index in [1.54, 1.807) is 42.6 Å². The van der Waals surface area contributed by atoms with Gasteiger partial charge in [0.05, 0.1) is 5.56 Å². The molecule has 30 heavy (non-hydrogen) atoms. The number of amides is 2. The number of nitrogens with one attached hydrogen (secondary N) is 2. The van der Waals surface area contributed by atoms with Crippen molar-refractivity contribution < 1.29 is 19.1 Å². The van der Waals surface area contributed by atoms with Gasteiger partial charge in [0.2, 0.25) is 0 Å². The van der Waals surface area contributed by atoms with Gasteiger partial charge in [-0.05, 0) is 54.6 Å². The molecule has 0 unspecified atom stereocenters. The molecule has 1 aliphatic rings. The minimum Gasteiger partial charge on any atom is -0.486 e. The van der Waals surface area contributed by atoms with Crippen LogP contribution in [0.4, 0.5) is 0 Å². The quantitative estimate of drug-likeness (QED) is 0.599. The summed E-state index contributed by atoms with van der Waals surface area (Å²) in [7, 11) is 0. The maximum atomic E-state index is 12.6. The van der Waals surface area contributed by atoms with Crippen molar-refractivity contribution in [2.45, 2.75) is 9.92 Å². The number of hydrogen-bond acceptors (Lipinski definition) is 6. The van der Waals surface area contributed by atoms with Crippen molar-refractivity contribution in [1.82, 2.24) is 15.8 Å². The summed E-state index contributed by atoms with van der Waals surface area (Å²) in [5, 5.41) is 1.01. The average molecular weight is 442 g/mol. The summed E-state index contributed by atoms with van der Waals surface area (Å²) in [6.07, 6.45) is 1.60. The number of rotatable bonds is 4. The zero-order valence-electron chi connectivity index (χ0n) is 15.6. The zero-order valence-corrected chi connectivity index (χ0v) is 17.1. The van der Waals surface area contributed by atoms with Gasteiger partial charge in [0, 0.05) is 21.7 Å². The molecule has 2 amide bonds. The third-order valence-electron chi connectivity index (χ3n) is 4.14. The molecule has 3 aromatic rings. The molecule has 7 nitrogen and oxygen atoms in total. The highest BCUT2D eigenvalue weighted by molar-refractivity contribution is 7.99. The number of halogens is 1. The highest BCUT2D eigenvalue weighted by Gasteiger charge is 2.17. The molecule has 9 heteroatoms. The molecule has 0 atom stereocenters. The van der Waals surface area contributed by atoms with Crippen LogP contribution < -0.4 is 20.3 Å². The Kier molecular flexibility index (Phi) is 6.06. The van der Waals surface area contributed by atoms with Crippen molar-refractivity contribution in [1.29, 1.82) is 0 Å². The van der Waals surface area contributed by atoms with Gasteiger partial charge in [-0.25, -0.2) is 4.98 Å². The van der Waals surface area contributed by atoms with Crippen LogP contribution in [0.15, 0.2) is 70.7 Å². The van der Waals surface area contributed by atoms with E-state index in [-0.39, 0.29) is 0 Å². The van der Waals surface area contributed by atoms with E-state index >= 15 is 0 Å². The van der Waals surface area contributed by atoms with E-state index in [9.17, 15) is 9.59 Å². The topological polar surface area (TPSA) is 89.6 Å². The summed E-state index contributed by atoms with van der Waals surface area (Å²) in [6, 6.07) is 15.2. The molecule has 0 radical (unpaired) electrons. The van der Waals surface area contributed by atoms with Crippen molar-refractivity contribution in [2.24, 2.45) is 0 Å². The molecule has 2 N–H and O–H groups in total. The zero-order chi connectivity index (χ0) is 20.9. The molecule has 2 heterocycles. The second-order valence-corrected chi connectivity index (χ2v) is 7.68. The fourth-order valence-electron chi connectivity index (χ4n) is 2.70. The first kappa shape index (κ1) is 20.1. The van der Waals surface area contributed by atoms with Crippen LogP contribution in [0.1, 0.15) is 20.7 Å². The van der Waals surface area contributed by atoms with Crippen LogP contribution in [0.5, 0.6) is 11.5 Å². The van der Waals surface area contributed by atoms with Crippen molar-refractivity contribution in [3.05, 3.63) is 76.9 Å². The minimum absolute atomic E-state index is 0.328. The van der Waals surface area contributed by atoms with Gasteiger partial charge in [0.15, 0.2) is 11.5 Å². The number of ether oxygens (including phenoxy) is 2. The van der Waals surface area contributed by atoms with Crippen LogP contribution in [-0.4, -0.2) is 30.0 Å². The van der Waals surface area contributed by atoms with Crippen LogP contribution in [0.25, 0.3) is 0 Å². The molecule has 1 aromatic heterocycles. The van der Waals surface area contributed by atoms with Gasteiger partial charge in [-0.2, -0.15) is 0 Å². The Morgan fingerprint density at radius 1 is 0.933 bits per heavy atom. The number of fused-ring (bicyclic) bond motifs is 1. The number of pyridine rings is 1. The van der Waals surface area contributed by atoms with E-state index in [1.165, 1.54) is 11.8 Å². The van der Waals surface area contributed by atoms with Crippen LogP contribution in [0.2, 0.25) is 5.02 Å². The molecule has 1 aliphatic heterocycles. The van der Waals surface area contributed by atoms with Crippen LogP contribution >= 0.6 is 23.4 Å². The van der Waals surface area contributed by atoms with E-state index in [0.29, 0.717) is 45.9 Å². The van der Waals surface area contributed by atoms with Gasteiger partial charge in [-0.3, -0.25) is 20.4 Å². The summed E-state index contributed by atoms with van der Waals surface area (Å²) in [5.41, 5.74) is 5.51. The number of carbonyl (C=O) groups excluding carboxylic acids is 2. The van der Waals surface area contributed by atoms with E-state index < -0.39 is 11.8 Å². The molecule has 0 fully saturated rings. The minimum atomic E-state index is -0.481. The predicted molar refractivity (Wildman–Crippen MR) is 112 cm³/mol. The fourth-order valence-corrected chi connectivity index (χ4v) is 3.73. The number of hydrazine groups is 1. The lowest BCUT2D eigenvalue weighted by molar-refractivity contribution is 0.0844. The van der Waals surface area contributed by atoms with Gasteiger partial charge in [-0.15, -0.1) is 0 Å². The molecule has 152 valence electrons. The summed E-state index contributed by atoms with van der Waals surface area (Å²) in [4.78, 5) is 30.0. The lowest BCUT2D eigenvalue weighted by Crippen LogP contribution is -2.41. The smallest absolute Gasteiger partial charge is 0.272 e. The highest BCUT2D eigenvalue weighted by Crippen LogP contribution is 2.37. The summed E-state index contributed by atoms with van der Waals surface area (Å²) >= 11 is 7.13. The van der Waals surface area contributed by atoms with Crippen molar-refractivity contribution in [3.63, 3.8) is 0 Å². The number of aromatic nitrogens is 1. The number of nitrogens with zero attached hydrogens (tertiary/aromatic N) is 1. The van der Waals surface area contributed by atoms with E-state index in [0.717, 1.165) is 4.90 Å². The summed E-state index contributed by atoms with van der Waals surface area (Å²) in [5.74, 6) is 0.410. The van der Waals surface area contributed by atoms with Crippen molar-refractivity contribution >= 4 is 35.2 Å². The SMILES string of the molecule is O=C(NNC(=O)c1cccnc1Sc1ccc2c(c1)OCCO2)c1ccc(Cl)cc1. The molecule has 2 aromatic carbocycles. The molecule has 0 aliphatic carbocycles. The monoisotopic (exact) mass is 441 g/mol. The van der Waals surface area contributed by atoms with Gasteiger partial charge >= 0.3 is 0 Å². The Balaban J connectivity index is 1.45. The van der Waals surface area contributed by atoms with Gasteiger partial charge in [0.25, 0.3) is 11.8 Å². The Morgan fingerprint density at radius 2 is 1.67 bits per heavy atom. The van der Waals surface area contributed by atoms with Crippen molar-refractivity contribution in [3.8, 4) is 11.5 Å². The fraction of sp³-hybridized carbons (Fsp3) is 0.0952. The molecule has 0 saturated carbocycles. The molecule has 0 saturated heterocycles. The first-order valence-corrected chi connectivity index (χ1v) is 10.2. The van der Waals surface area contributed by atoms with Crippen molar-refractivity contribution in [2.75, 3.05) is 13.2 Å². The predicted octanol–water partition coefficient (Wildman–Crippen LogP) is 3.73. The Labute approximate surface area is 181 Å². The third kappa shape index (κ3) is 4.67. The van der Waals surface area contributed by atoms with E-state index in [2.05, 4.69) is 15.8 Å². The maximum absolute atomic E-state index is 12.6. The molecule has 0 spiro atoms.